The highest BCUT2D eigenvalue weighted by Crippen LogP contribution is 2.28. The van der Waals surface area contributed by atoms with Crippen LogP contribution in [0.4, 0.5) is 17.5 Å². The van der Waals surface area contributed by atoms with Crippen molar-refractivity contribution in [1.82, 2.24) is 24.7 Å². The molecule has 0 aromatic carbocycles. The molecule has 0 saturated heterocycles. The molecule has 0 aliphatic carbocycles. The predicted molar refractivity (Wildman–Crippen MR) is 67.6 cm³/mol. The summed E-state index contributed by atoms with van der Waals surface area (Å²) in [5.41, 5.74) is 2.11. The lowest BCUT2D eigenvalue weighted by Crippen LogP contribution is -2.34. The van der Waals surface area contributed by atoms with Gasteiger partial charge in [0.1, 0.15) is 12.5 Å². The van der Waals surface area contributed by atoms with Gasteiger partial charge < -0.3 is 9.47 Å². The Morgan fingerprint density at radius 3 is 3.05 bits per heavy atom. The van der Waals surface area contributed by atoms with Crippen LogP contribution in [0.15, 0.2) is 12.5 Å². The van der Waals surface area contributed by atoms with Gasteiger partial charge in [-0.1, -0.05) is 0 Å². The Balaban J connectivity index is 1.99. The number of hydrogen-bond donors (Lipinski definition) is 2. The van der Waals surface area contributed by atoms with Crippen molar-refractivity contribution in [1.29, 1.82) is 0 Å². The van der Waals surface area contributed by atoms with E-state index in [0.717, 1.165) is 12.0 Å². The van der Waals surface area contributed by atoms with Crippen LogP contribution in [0.25, 0.3) is 0 Å². The van der Waals surface area contributed by atoms with E-state index in [2.05, 4.69) is 25.6 Å². The van der Waals surface area contributed by atoms with E-state index in [4.69, 9.17) is 5.84 Å². The van der Waals surface area contributed by atoms with Crippen molar-refractivity contribution in [2.75, 3.05) is 16.9 Å². The molecule has 0 fully saturated rings. The van der Waals surface area contributed by atoms with Crippen LogP contribution in [0.5, 0.6) is 0 Å². The summed E-state index contributed by atoms with van der Waals surface area (Å²) in [6, 6.07) is 0. The number of aromatic nitrogens is 5. The molecule has 1 aliphatic rings. The lowest BCUT2D eigenvalue weighted by Gasteiger charge is -2.27. The smallest absolute Gasteiger partial charge is 0.329 e. The van der Waals surface area contributed by atoms with Crippen LogP contribution < -0.4 is 16.2 Å². The van der Waals surface area contributed by atoms with E-state index in [1.165, 1.54) is 0 Å². The van der Waals surface area contributed by atoms with Crippen LogP contribution in [0.1, 0.15) is 5.82 Å². The average Bonchev–Trinajstić information content (AvgIpc) is 2.93. The number of nitrogens with two attached hydrogens (primary N) is 1. The number of nitrogens with one attached hydrogen (secondary N) is 1. The fourth-order valence-electron chi connectivity index (χ4n) is 2.04. The number of nitrogen functional groups attached to an aromatic ring is 1. The fourth-order valence-corrected chi connectivity index (χ4v) is 2.04. The summed E-state index contributed by atoms with van der Waals surface area (Å²) in [5, 5.41) is 18.9. The fraction of sp³-hybridized carbons (Fsp3) is 0.333. The zero-order valence-electron chi connectivity index (χ0n) is 10.3. The molecule has 2 aromatic heterocycles. The second-order valence-electron chi connectivity index (χ2n) is 4.17. The van der Waals surface area contributed by atoms with Crippen LogP contribution in [0.3, 0.4) is 0 Å². The van der Waals surface area contributed by atoms with Gasteiger partial charge in [-0.25, -0.2) is 10.8 Å². The van der Waals surface area contributed by atoms with Gasteiger partial charge in [0.2, 0.25) is 11.8 Å². The largest absolute Gasteiger partial charge is 0.341 e. The van der Waals surface area contributed by atoms with Gasteiger partial charge in [0.25, 0.3) is 0 Å². The third-order valence-electron chi connectivity index (χ3n) is 3.01. The van der Waals surface area contributed by atoms with E-state index in [1.807, 2.05) is 4.57 Å². The summed E-state index contributed by atoms with van der Waals surface area (Å²) in [6.07, 6.45) is 2.77. The average molecular weight is 277 g/mol. The van der Waals surface area contributed by atoms with E-state index in [9.17, 15) is 10.1 Å². The summed E-state index contributed by atoms with van der Waals surface area (Å²) >= 11 is 0. The Bertz CT molecular complexity index is 655. The third kappa shape index (κ3) is 1.99. The molecule has 0 atom stereocenters. The van der Waals surface area contributed by atoms with E-state index in [-0.39, 0.29) is 17.5 Å². The Labute approximate surface area is 112 Å². The van der Waals surface area contributed by atoms with Crippen molar-refractivity contribution in [2.24, 2.45) is 5.84 Å². The number of hydrogen-bond acceptors (Lipinski definition) is 9. The summed E-state index contributed by atoms with van der Waals surface area (Å²) < 4.78 is 1.89. The number of nitro groups is 1. The standard InChI is InChI=1S/C9H11N9O2/c10-14-9-11-3-6(18(19)20)8(13-9)16-1-2-17-5-12-15-7(17)4-16/h3,5H,1-2,4,10H2,(H,11,13,14). The molecule has 20 heavy (non-hydrogen) atoms. The molecule has 11 heteroatoms. The number of hydrazine groups is 1. The van der Waals surface area contributed by atoms with Gasteiger partial charge in [-0.05, 0) is 0 Å². The molecule has 0 radical (unpaired) electrons. The van der Waals surface area contributed by atoms with Crippen molar-refractivity contribution >= 4 is 17.5 Å². The monoisotopic (exact) mass is 277 g/mol. The maximum atomic E-state index is 11.1. The summed E-state index contributed by atoms with van der Waals surface area (Å²) in [4.78, 5) is 20.1. The molecule has 3 N–H and O–H groups in total. The quantitative estimate of drug-likeness (QED) is 0.422. The minimum absolute atomic E-state index is 0.123. The number of anilines is 2. The minimum atomic E-state index is -0.519. The molecule has 0 unspecified atom stereocenters. The molecule has 3 rings (SSSR count). The zero-order chi connectivity index (χ0) is 14.1. The summed E-state index contributed by atoms with van der Waals surface area (Å²) in [5.74, 6) is 6.31. The lowest BCUT2D eigenvalue weighted by atomic mass is 10.3. The zero-order valence-corrected chi connectivity index (χ0v) is 10.3. The molecule has 11 nitrogen and oxygen atoms in total. The van der Waals surface area contributed by atoms with E-state index in [0.29, 0.717) is 19.6 Å². The summed E-state index contributed by atoms with van der Waals surface area (Å²) in [7, 11) is 0. The highest BCUT2D eigenvalue weighted by atomic mass is 16.6. The first-order valence-electron chi connectivity index (χ1n) is 5.78. The number of fused-ring (bicyclic) bond motifs is 1. The Hall–Kier alpha value is -2.82. The van der Waals surface area contributed by atoms with Gasteiger partial charge in [0.15, 0.2) is 5.82 Å². The van der Waals surface area contributed by atoms with Crippen LogP contribution in [-0.2, 0) is 13.1 Å². The SMILES string of the molecule is NNc1ncc([N+](=O)[O-])c(N2CCn3cnnc3C2)n1. The van der Waals surface area contributed by atoms with Crippen molar-refractivity contribution in [3.63, 3.8) is 0 Å². The lowest BCUT2D eigenvalue weighted by molar-refractivity contribution is -0.384. The molecule has 0 spiro atoms. The normalized spacial score (nSPS) is 13.9. The first-order valence-corrected chi connectivity index (χ1v) is 5.78. The van der Waals surface area contributed by atoms with E-state index in [1.54, 1.807) is 11.2 Å². The maximum absolute atomic E-state index is 11.1. The molecule has 1 aliphatic heterocycles. The van der Waals surface area contributed by atoms with Crippen LogP contribution in [-0.4, -0.2) is 36.2 Å². The van der Waals surface area contributed by atoms with Crippen LogP contribution in [0.2, 0.25) is 0 Å². The Morgan fingerprint density at radius 1 is 1.45 bits per heavy atom. The molecule has 2 aromatic rings. The predicted octanol–water partition coefficient (Wildman–Crippen LogP) is -0.718. The number of rotatable bonds is 3. The van der Waals surface area contributed by atoms with Crippen molar-refractivity contribution in [2.45, 2.75) is 13.1 Å². The summed E-state index contributed by atoms with van der Waals surface area (Å²) in [6.45, 7) is 1.59. The molecule has 104 valence electrons. The van der Waals surface area contributed by atoms with E-state index < -0.39 is 4.92 Å². The third-order valence-corrected chi connectivity index (χ3v) is 3.01. The minimum Gasteiger partial charge on any atom is -0.341 e. The second-order valence-corrected chi connectivity index (χ2v) is 4.17. The number of nitrogens with zero attached hydrogens (tertiary/aromatic N) is 7. The second kappa shape index (κ2) is 4.70. The van der Waals surface area contributed by atoms with Gasteiger partial charge in [0.05, 0.1) is 11.5 Å². The van der Waals surface area contributed by atoms with Crippen LogP contribution in [0, 0.1) is 10.1 Å². The van der Waals surface area contributed by atoms with Crippen LogP contribution >= 0.6 is 0 Å². The van der Waals surface area contributed by atoms with Gasteiger partial charge >= 0.3 is 5.69 Å². The highest BCUT2D eigenvalue weighted by Gasteiger charge is 2.26. The van der Waals surface area contributed by atoms with E-state index >= 15 is 0 Å². The maximum Gasteiger partial charge on any atom is 0.329 e. The molecule has 0 amide bonds. The van der Waals surface area contributed by atoms with Crippen molar-refractivity contribution < 1.29 is 4.92 Å². The van der Waals surface area contributed by atoms with Gasteiger partial charge in [-0.3, -0.25) is 15.5 Å². The molecular weight excluding hydrogens is 266 g/mol. The topological polar surface area (TPSA) is 141 Å². The first-order chi connectivity index (χ1) is 9.69. The molecule has 0 bridgehead atoms. The van der Waals surface area contributed by atoms with Gasteiger partial charge in [-0.2, -0.15) is 4.98 Å². The first kappa shape index (κ1) is 12.2. The molecular formula is C9H11N9O2. The van der Waals surface area contributed by atoms with Crippen molar-refractivity contribution in [3.8, 4) is 0 Å². The van der Waals surface area contributed by atoms with Gasteiger partial charge in [0, 0.05) is 13.1 Å². The van der Waals surface area contributed by atoms with Crippen molar-refractivity contribution in [3.05, 3.63) is 28.5 Å². The van der Waals surface area contributed by atoms with Gasteiger partial charge in [-0.15, -0.1) is 10.2 Å². The Kier molecular flexibility index (Phi) is 2.87. The highest BCUT2D eigenvalue weighted by molar-refractivity contribution is 5.59. The Morgan fingerprint density at radius 2 is 2.30 bits per heavy atom. The molecule has 0 saturated carbocycles. The molecule has 3 heterocycles.